The van der Waals surface area contributed by atoms with Crippen molar-refractivity contribution in [2.24, 2.45) is 5.92 Å². The van der Waals surface area contributed by atoms with Gasteiger partial charge in [0, 0.05) is 31.4 Å². The highest BCUT2D eigenvalue weighted by Gasteiger charge is 2.41. The van der Waals surface area contributed by atoms with Crippen molar-refractivity contribution in [1.29, 1.82) is 0 Å². The van der Waals surface area contributed by atoms with Crippen LogP contribution in [0, 0.1) is 5.92 Å². The molecule has 2 heterocycles. The molecule has 2 amide bonds. The summed E-state index contributed by atoms with van der Waals surface area (Å²) < 4.78 is 11.2. The summed E-state index contributed by atoms with van der Waals surface area (Å²) in [5.41, 5.74) is 0.892. The summed E-state index contributed by atoms with van der Waals surface area (Å²) >= 11 is 0. The average molecular weight is 537 g/mol. The second-order valence-electron chi connectivity index (χ2n) is 10.2. The molecule has 2 N–H and O–H groups in total. The van der Waals surface area contributed by atoms with Crippen LogP contribution < -0.4 is 10.6 Å². The number of carbonyl (C=O) groups is 4. The molecule has 1 saturated heterocycles. The number of benzene rings is 1. The highest BCUT2D eigenvalue weighted by molar-refractivity contribution is 6.51. The molecule has 0 saturated carbocycles. The summed E-state index contributed by atoms with van der Waals surface area (Å²) in [6.45, 7) is 6.19. The molecule has 3 rings (SSSR count). The van der Waals surface area contributed by atoms with Crippen LogP contribution in [-0.2, 0) is 30.1 Å². The molecule has 12 heteroatoms. The van der Waals surface area contributed by atoms with Gasteiger partial charge < -0.3 is 24.8 Å². The van der Waals surface area contributed by atoms with Crippen molar-refractivity contribution in [3.63, 3.8) is 0 Å². The maximum Gasteiger partial charge on any atom is 0.622 e. The van der Waals surface area contributed by atoms with E-state index in [0.29, 0.717) is 13.0 Å². The van der Waals surface area contributed by atoms with Crippen molar-refractivity contribution in [1.82, 2.24) is 25.5 Å². The monoisotopic (exact) mass is 537 g/mol. The van der Waals surface area contributed by atoms with E-state index in [2.05, 4.69) is 20.6 Å². The minimum Gasteiger partial charge on any atom is -0.498 e. The number of hydrogen-bond acceptors (Lipinski definition) is 9. The molecule has 0 radical (unpaired) electrons. The fourth-order valence-electron chi connectivity index (χ4n) is 4.18. The van der Waals surface area contributed by atoms with Gasteiger partial charge in [0.1, 0.15) is 11.7 Å². The number of rotatable bonds is 9. The Morgan fingerprint density at radius 2 is 1.82 bits per heavy atom. The molecule has 39 heavy (non-hydrogen) atoms. The number of amides is 2. The topological polar surface area (TPSA) is 140 Å². The predicted molar refractivity (Wildman–Crippen MR) is 144 cm³/mol. The molecule has 0 spiro atoms. The predicted octanol–water partition coefficient (Wildman–Crippen LogP) is 1.58. The van der Waals surface area contributed by atoms with Gasteiger partial charge in [0.25, 0.3) is 17.8 Å². The normalized spacial score (nSPS) is 18.5. The summed E-state index contributed by atoms with van der Waals surface area (Å²) in [6, 6.07) is 8.12. The first kappa shape index (κ1) is 29.8. The van der Waals surface area contributed by atoms with Crippen LogP contribution in [0.15, 0.2) is 48.9 Å². The standard InChI is InChI=1S/C27H36BN5O6/c1-18(2)14-23(28-38-24(34)10-13-33(4)19(3)15-25(35)39-28)32-26(36)21(16-20-8-6-5-7-9-20)31-27(37)22-17-29-11-12-30-22/h5-9,11-12,17-19,21,23H,10,13-16H2,1-4H3,(H,31,37)(H,32,36)/t19?,21?,23-/m0/s1. The second-order valence-corrected chi connectivity index (χ2v) is 10.2. The number of hydrogen-bond donors (Lipinski definition) is 2. The fraction of sp³-hybridized carbons (Fsp3) is 0.481. The Balaban J connectivity index is 1.83. The van der Waals surface area contributed by atoms with E-state index in [-0.39, 0.29) is 36.9 Å². The quantitative estimate of drug-likeness (QED) is 0.457. The molecule has 208 valence electrons. The molecule has 1 fully saturated rings. The molecule has 0 bridgehead atoms. The van der Waals surface area contributed by atoms with E-state index >= 15 is 0 Å². The molecule has 1 aliphatic rings. The highest BCUT2D eigenvalue weighted by atomic mass is 16.6. The summed E-state index contributed by atoms with van der Waals surface area (Å²) in [6.07, 6.45) is 4.93. The second kappa shape index (κ2) is 14.4. The maximum atomic E-state index is 13.6. The lowest BCUT2D eigenvalue weighted by Crippen LogP contribution is -2.57. The zero-order valence-electron chi connectivity index (χ0n) is 22.8. The zero-order chi connectivity index (χ0) is 28.4. The average Bonchev–Trinajstić information content (AvgIpc) is 2.90. The maximum absolute atomic E-state index is 13.6. The third kappa shape index (κ3) is 9.47. The van der Waals surface area contributed by atoms with Gasteiger partial charge in [0.2, 0.25) is 5.91 Å². The van der Waals surface area contributed by atoms with Crippen molar-refractivity contribution in [3.05, 3.63) is 60.2 Å². The molecular weight excluding hydrogens is 501 g/mol. The van der Waals surface area contributed by atoms with Crippen molar-refractivity contribution < 1.29 is 28.5 Å². The molecule has 2 unspecified atom stereocenters. The van der Waals surface area contributed by atoms with Crippen LogP contribution in [0.1, 0.15) is 56.1 Å². The highest BCUT2D eigenvalue weighted by Crippen LogP contribution is 2.15. The summed E-state index contributed by atoms with van der Waals surface area (Å²) in [4.78, 5) is 61.6. The number of aromatic nitrogens is 2. The lowest BCUT2D eigenvalue weighted by atomic mass is 9.73. The van der Waals surface area contributed by atoms with E-state index < -0.39 is 42.9 Å². The summed E-state index contributed by atoms with van der Waals surface area (Å²) in [5.74, 6) is -2.91. The van der Waals surface area contributed by atoms with E-state index in [1.807, 2.05) is 63.1 Å². The van der Waals surface area contributed by atoms with Crippen molar-refractivity contribution in [3.8, 4) is 0 Å². The Bertz CT molecular complexity index is 1120. The van der Waals surface area contributed by atoms with E-state index in [4.69, 9.17) is 9.31 Å². The molecule has 0 aliphatic carbocycles. The van der Waals surface area contributed by atoms with Crippen LogP contribution in [0.4, 0.5) is 0 Å². The van der Waals surface area contributed by atoms with Gasteiger partial charge in [-0.1, -0.05) is 44.2 Å². The number of nitrogens with one attached hydrogen (secondary N) is 2. The largest absolute Gasteiger partial charge is 0.622 e. The third-order valence-corrected chi connectivity index (χ3v) is 6.46. The van der Waals surface area contributed by atoms with Crippen LogP contribution in [0.5, 0.6) is 0 Å². The van der Waals surface area contributed by atoms with Crippen molar-refractivity contribution in [2.75, 3.05) is 13.6 Å². The number of carbonyl (C=O) groups excluding carboxylic acids is 4. The summed E-state index contributed by atoms with van der Waals surface area (Å²) in [7, 11) is 0.522. The van der Waals surface area contributed by atoms with Gasteiger partial charge in [-0.05, 0) is 31.9 Å². The van der Waals surface area contributed by atoms with Gasteiger partial charge in [-0.3, -0.25) is 24.2 Å². The van der Waals surface area contributed by atoms with E-state index in [1.165, 1.54) is 18.6 Å². The van der Waals surface area contributed by atoms with Crippen LogP contribution in [0.2, 0.25) is 0 Å². The molecule has 1 aliphatic heterocycles. The van der Waals surface area contributed by atoms with Gasteiger partial charge in [-0.2, -0.15) is 0 Å². The minimum atomic E-state index is -1.31. The summed E-state index contributed by atoms with van der Waals surface area (Å²) in [5, 5.41) is 5.62. The van der Waals surface area contributed by atoms with Crippen molar-refractivity contribution in [2.45, 2.75) is 64.5 Å². The first-order chi connectivity index (χ1) is 18.6. The molecule has 1 aromatic heterocycles. The first-order valence-corrected chi connectivity index (χ1v) is 13.1. The van der Waals surface area contributed by atoms with Crippen LogP contribution in [-0.4, -0.2) is 77.4 Å². The third-order valence-electron chi connectivity index (χ3n) is 6.46. The van der Waals surface area contributed by atoms with E-state index in [9.17, 15) is 19.2 Å². The lowest BCUT2D eigenvalue weighted by molar-refractivity contribution is -0.143. The fourth-order valence-corrected chi connectivity index (χ4v) is 4.18. The molecule has 2 aromatic rings. The Labute approximate surface area is 229 Å². The van der Waals surface area contributed by atoms with Crippen LogP contribution in [0.25, 0.3) is 0 Å². The Morgan fingerprint density at radius 3 is 2.49 bits per heavy atom. The van der Waals surface area contributed by atoms with Crippen LogP contribution in [0.3, 0.4) is 0 Å². The van der Waals surface area contributed by atoms with E-state index in [0.717, 1.165) is 5.56 Å². The number of nitrogens with zero attached hydrogens (tertiary/aromatic N) is 3. The molecule has 11 nitrogen and oxygen atoms in total. The van der Waals surface area contributed by atoms with Gasteiger partial charge in [-0.25, -0.2) is 4.98 Å². The Kier molecular flexibility index (Phi) is 11.0. The van der Waals surface area contributed by atoms with Crippen molar-refractivity contribution >= 4 is 30.9 Å². The molecule has 3 atom stereocenters. The first-order valence-electron chi connectivity index (χ1n) is 13.1. The van der Waals surface area contributed by atoms with E-state index in [1.54, 1.807) is 0 Å². The van der Waals surface area contributed by atoms with Crippen LogP contribution >= 0.6 is 0 Å². The molecular formula is C27H36BN5O6. The van der Waals surface area contributed by atoms with Gasteiger partial charge >= 0.3 is 7.12 Å². The zero-order valence-corrected chi connectivity index (χ0v) is 22.8. The lowest BCUT2D eigenvalue weighted by Gasteiger charge is -2.30. The Hall–Kier alpha value is -3.80. The van der Waals surface area contributed by atoms with Gasteiger partial charge in [0.05, 0.1) is 25.0 Å². The minimum absolute atomic E-state index is 0.0647. The molecule has 1 aromatic carbocycles. The Morgan fingerprint density at radius 1 is 1.10 bits per heavy atom. The SMILES string of the molecule is CC(C)C[C@H](NC(=O)C(Cc1ccccc1)NC(=O)c1cnccn1)B1OC(=O)CCN(C)C(C)CC(=O)O1. The smallest absolute Gasteiger partial charge is 0.498 e. The van der Waals surface area contributed by atoms with Gasteiger partial charge in [-0.15, -0.1) is 0 Å². The van der Waals surface area contributed by atoms with Gasteiger partial charge in [0.15, 0.2) is 0 Å².